The third-order valence-electron chi connectivity index (χ3n) is 6.20. The molecular formula is C26H13ClF5N3O4. The smallest absolute Gasteiger partial charge is 0.416 e. The maximum absolute atomic E-state index is 14.0. The minimum absolute atomic E-state index is 0.101. The van der Waals surface area contributed by atoms with Gasteiger partial charge in [-0.2, -0.15) is 18.4 Å². The van der Waals surface area contributed by atoms with Crippen molar-refractivity contribution in [1.29, 1.82) is 5.26 Å². The minimum Gasteiger partial charge on any atom is -0.475 e. The molecule has 0 aromatic heterocycles. The SMILES string of the molecule is N#Cc1c2c(cc(NC(=O)c3cc(F)cc(C(F)(F)F)c3)c1C(=O)c1cc(F)ccc1Cl)OC1(CC1)C(=O)N2. The number of rotatable bonds is 4. The van der Waals surface area contributed by atoms with Gasteiger partial charge < -0.3 is 15.4 Å². The zero-order chi connectivity index (χ0) is 28.3. The van der Waals surface area contributed by atoms with E-state index in [9.17, 15) is 41.6 Å². The van der Waals surface area contributed by atoms with Gasteiger partial charge in [-0.3, -0.25) is 14.4 Å². The fourth-order valence-electron chi connectivity index (χ4n) is 4.12. The summed E-state index contributed by atoms with van der Waals surface area (Å²) in [5.74, 6) is -5.17. The van der Waals surface area contributed by atoms with E-state index in [1.165, 1.54) is 0 Å². The highest BCUT2D eigenvalue weighted by atomic mass is 35.5. The highest BCUT2D eigenvalue weighted by Crippen LogP contribution is 2.50. The van der Waals surface area contributed by atoms with Crippen LogP contribution in [0.1, 0.15) is 50.2 Å². The van der Waals surface area contributed by atoms with Crippen molar-refractivity contribution >= 4 is 40.6 Å². The van der Waals surface area contributed by atoms with Crippen LogP contribution in [0.3, 0.4) is 0 Å². The molecule has 39 heavy (non-hydrogen) atoms. The molecule has 3 aromatic carbocycles. The van der Waals surface area contributed by atoms with Crippen molar-refractivity contribution < 1.29 is 41.1 Å². The number of carbonyl (C=O) groups is 3. The Balaban J connectivity index is 1.67. The Hall–Kier alpha value is -4.50. The molecule has 2 aliphatic rings. The molecule has 13 heteroatoms. The number of ether oxygens (including phenoxy) is 1. The van der Waals surface area contributed by atoms with Gasteiger partial charge in [-0.05, 0) is 36.4 Å². The van der Waals surface area contributed by atoms with Crippen molar-refractivity contribution in [3.63, 3.8) is 0 Å². The molecule has 0 unspecified atom stereocenters. The first kappa shape index (κ1) is 26.1. The summed E-state index contributed by atoms with van der Waals surface area (Å²) in [7, 11) is 0. The first-order valence-corrected chi connectivity index (χ1v) is 11.5. The number of amides is 2. The number of hydrogen-bond donors (Lipinski definition) is 2. The number of alkyl halides is 3. The van der Waals surface area contributed by atoms with Gasteiger partial charge in [0.15, 0.2) is 11.4 Å². The second-order valence-electron chi connectivity index (χ2n) is 8.84. The predicted octanol–water partition coefficient (Wildman–Crippen LogP) is 5.86. The van der Waals surface area contributed by atoms with Crippen LogP contribution < -0.4 is 15.4 Å². The summed E-state index contributed by atoms with van der Waals surface area (Å²) in [6.45, 7) is 0. The van der Waals surface area contributed by atoms with E-state index < -0.39 is 74.5 Å². The largest absolute Gasteiger partial charge is 0.475 e. The lowest BCUT2D eigenvalue weighted by Gasteiger charge is -2.28. The molecule has 1 aliphatic carbocycles. The van der Waals surface area contributed by atoms with E-state index in [2.05, 4.69) is 10.6 Å². The number of ketones is 1. The zero-order valence-corrected chi connectivity index (χ0v) is 20.1. The van der Waals surface area contributed by atoms with Gasteiger partial charge in [0.25, 0.3) is 11.8 Å². The standard InChI is InChI=1S/C26H13ClF5N3O4/c27-17-2-1-13(28)8-15(17)22(36)20-16(10-33)21-19(39-25(3-4-25)24(38)35-21)9-18(20)34-23(37)11-5-12(26(30,31)32)7-14(29)6-11/h1-2,5-9H,3-4H2,(H,34,37)(H,35,38). The summed E-state index contributed by atoms with van der Waals surface area (Å²) in [6, 6.07) is 6.86. The fraction of sp³-hybridized carbons (Fsp3) is 0.154. The average molecular weight is 562 g/mol. The summed E-state index contributed by atoms with van der Waals surface area (Å²) >= 11 is 6.08. The maximum Gasteiger partial charge on any atom is 0.416 e. The highest BCUT2D eigenvalue weighted by Gasteiger charge is 2.56. The molecule has 2 amide bonds. The van der Waals surface area contributed by atoms with Crippen LogP contribution >= 0.6 is 11.6 Å². The van der Waals surface area contributed by atoms with E-state index in [1.54, 1.807) is 6.07 Å². The third-order valence-corrected chi connectivity index (χ3v) is 6.53. The van der Waals surface area contributed by atoms with Crippen molar-refractivity contribution in [2.45, 2.75) is 24.6 Å². The molecule has 1 saturated carbocycles. The molecule has 0 saturated heterocycles. The molecule has 3 aromatic rings. The van der Waals surface area contributed by atoms with Gasteiger partial charge in [0.2, 0.25) is 0 Å². The number of anilines is 2. The molecule has 1 aliphatic heterocycles. The highest BCUT2D eigenvalue weighted by molar-refractivity contribution is 6.35. The van der Waals surface area contributed by atoms with Crippen LogP contribution in [-0.4, -0.2) is 23.2 Å². The van der Waals surface area contributed by atoms with Crippen molar-refractivity contribution in [2.75, 3.05) is 10.6 Å². The minimum atomic E-state index is -4.96. The Morgan fingerprint density at radius 3 is 2.44 bits per heavy atom. The van der Waals surface area contributed by atoms with Gasteiger partial charge in [-0.25, -0.2) is 8.78 Å². The third kappa shape index (κ3) is 4.66. The van der Waals surface area contributed by atoms with Crippen LogP contribution in [0.5, 0.6) is 5.75 Å². The Bertz CT molecular complexity index is 1640. The van der Waals surface area contributed by atoms with Gasteiger partial charge in [-0.1, -0.05) is 11.6 Å². The van der Waals surface area contributed by atoms with Crippen molar-refractivity contribution in [2.24, 2.45) is 0 Å². The maximum atomic E-state index is 14.0. The van der Waals surface area contributed by atoms with Crippen molar-refractivity contribution in [3.05, 3.63) is 86.9 Å². The summed E-state index contributed by atoms with van der Waals surface area (Å²) in [6.07, 6.45) is -4.26. The summed E-state index contributed by atoms with van der Waals surface area (Å²) in [4.78, 5) is 39.1. The van der Waals surface area contributed by atoms with Crippen LogP contribution in [0.4, 0.5) is 33.3 Å². The van der Waals surface area contributed by atoms with E-state index >= 15 is 0 Å². The van der Waals surface area contributed by atoms with Gasteiger partial charge in [0, 0.05) is 30.0 Å². The van der Waals surface area contributed by atoms with Crippen LogP contribution in [0.2, 0.25) is 5.02 Å². The van der Waals surface area contributed by atoms with Crippen LogP contribution in [-0.2, 0) is 11.0 Å². The van der Waals surface area contributed by atoms with E-state index in [0.29, 0.717) is 25.0 Å². The molecule has 5 rings (SSSR count). The molecule has 1 heterocycles. The van der Waals surface area contributed by atoms with E-state index in [0.717, 1.165) is 24.3 Å². The van der Waals surface area contributed by atoms with E-state index in [1.807, 2.05) is 0 Å². The molecule has 0 atom stereocenters. The normalized spacial score (nSPS) is 15.1. The fourth-order valence-corrected chi connectivity index (χ4v) is 4.32. The monoisotopic (exact) mass is 561 g/mol. The molecule has 1 fully saturated rings. The number of nitriles is 1. The Morgan fingerprint density at radius 2 is 1.79 bits per heavy atom. The second kappa shape index (κ2) is 9.06. The number of halogens is 6. The predicted molar refractivity (Wildman–Crippen MR) is 127 cm³/mol. The number of hydrogen-bond acceptors (Lipinski definition) is 5. The Kier molecular flexibility index (Phi) is 6.07. The lowest BCUT2D eigenvalue weighted by Crippen LogP contribution is -2.39. The molecule has 198 valence electrons. The summed E-state index contributed by atoms with van der Waals surface area (Å²) < 4.78 is 73.3. The average Bonchev–Trinajstić information content (AvgIpc) is 3.64. The van der Waals surface area contributed by atoms with Crippen LogP contribution in [0.25, 0.3) is 0 Å². The van der Waals surface area contributed by atoms with Crippen molar-refractivity contribution in [1.82, 2.24) is 0 Å². The number of benzene rings is 3. The quantitative estimate of drug-likeness (QED) is 0.307. The van der Waals surface area contributed by atoms with Gasteiger partial charge >= 0.3 is 6.18 Å². The van der Waals surface area contributed by atoms with Crippen LogP contribution in [0.15, 0.2) is 42.5 Å². The number of nitrogens with zero attached hydrogens (tertiary/aromatic N) is 1. The second-order valence-corrected chi connectivity index (χ2v) is 9.25. The lowest BCUT2D eigenvalue weighted by molar-refractivity contribution is -0.137. The molecule has 0 radical (unpaired) electrons. The summed E-state index contributed by atoms with van der Waals surface area (Å²) in [5, 5.41) is 14.5. The molecule has 7 nitrogen and oxygen atoms in total. The molecular weight excluding hydrogens is 549 g/mol. The lowest BCUT2D eigenvalue weighted by atomic mass is 9.94. The van der Waals surface area contributed by atoms with E-state index in [4.69, 9.17) is 16.3 Å². The van der Waals surface area contributed by atoms with Gasteiger partial charge in [-0.15, -0.1) is 0 Å². The first-order chi connectivity index (χ1) is 18.3. The zero-order valence-electron chi connectivity index (χ0n) is 19.3. The van der Waals surface area contributed by atoms with E-state index in [-0.39, 0.29) is 22.5 Å². The Morgan fingerprint density at radius 1 is 1.08 bits per heavy atom. The van der Waals surface area contributed by atoms with Crippen LogP contribution in [0, 0.1) is 23.0 Å². The van der Waals surface area contributed by atoms with Gasteiger partial charge in [0.1, 0.15) is 29.1 Å². The first-order valence-electron chi connectivity index (χ1n) is 11.1. The number of carbonyl (C=O) groups excluding carboxylic acids is 3. The number of nitrogens with one attached hydrogen (secondary N) is 2. The Labute approximate surface area is 221 Å². The topological polar surface area (TPSA) is 108 Å². The molecule has 2 N–H and O–H groups in total. The van der Waals surface area contributed by atoms with Crippen molar-refractivity contribution in [3.8, 4) is 11.8 Å². The summed E-state index contributed by atoms with van der Waals surface area (Å²) in [5.41, 5.74) is -5.44. The molecule has 0 bridgehead atoms. The van der Waals surface area contributed by atoms with Gasteiger partial charge in [0.05, 0.1) is 27.4 Å². The number of fused-ring (bicyclic) bond motifs is 1. The molecule has 1 spiro atoms.